The van der Waals surface area contributed by atoms with E-state index in [1.165, 1.54) is 16.6 Å². The van der Waals surface area contributed by atoms with Gasteiger partial charge in [-0.25, -0.2) is 9.97 Å². The van der Waals surface area contributed by atoms with Crippen molar-refractivity contribution in [3.05, 3.63) is 35.9 Å². The van der Waals surface area contributed by atoms with Gasteiger partial charge in [0.1, 0.15) is 5.52 Å². The summed E-state index contributed by atoms with van der Waals surface area (Å²) in [4.78, 5) is 8.43. The molecule has 0 radical (unpaired) electrons. The van der Waals surface area contributed by atoms with Crippen molar-refractivity contribution in [2.45, 2.75) is 26.3 Å². The zero-order valence-electron chi connectivity index (χ0n) is 14.1. The van der Waals surface area contributed by atoms with Gasteiger partial charge >= 0.3 is 6.36 Å². The predicted octanol–water partition coefficient (Wildman–Crippen LogP) is 4.27. The molecule has 4 aromatic rings. The molecule has 0 amide bonds. The number of alkyl halides is 3. The van der Waals surface area contributed by atoms with E-state index in [9.17, 15) is 13.2 Å². The summed E-state index contributed by atoms with van der Waals surface area (Å²) in [5.74, 6) is -0.123. The van der Waals surface area contributed by atoms with Crippen LogP contribution in [0.25, 0.3) is 27.9 Å². The quantitative estimate of drug-likeness (QED) is 0.483. The van der Waals surface area contributed by atoms with E-state index in [2.05, 4.69) is 24.9 Å². The Balaban J connectivity index is 1.91. The minimum Gasteiger partial charge on any atom is -0.403 e. The maximum absolute atomic E-state index is 12.7. The Morgan fingerprint density at radius 2 is 1.96 bits per heavy atom. The molecule has 3 aromatic heterocycles. The van der Waals surface area contributed by atoms with Gasteiger partial charge in [-0.2, -0.15) is 9.61 Å². The highest BCUT2D eigenvalue weighted by molar-refractivity contribution is 6.29. The summed E-state index contributed by atoms with van der Waals surface area (Å²) in [5, 5.41) is 8.74. The van der Waals surface area contributed by atoms with Crippen molar-refractivity contribution >= 4 is 28.2 Å². The van der Waals surface area contributed by atoms with Crippen LogP contribution in [0.15, 0.2) is 30.6 Å². The Morgan fingerprint density at radius 3 is 2.63 bits per heavy atom. The first-order valence-electron chi connectivity index (χ1n) is 7.88. The third kappa shape index (κ3) is 3.16. The van der Waals surface area contributed by atoms with Crippen molar-refractivity contribution in [2.24, 2.45) is 0 Å². The fraction of sp³-hybridized carbons (Fsp3) is 0.250. The van der Waals surface area contributed by atoms with Crippen molar-refractivity contribution in [3.63, 3.8) is 0 Å². The fourth-order valence-electron chi connectivity index (χ4n) is 2.64. The van der Waals surface area contributed by atoms with E-state index >= 15 is 0 Å². The van der Waals surface area contributed by atoms with Gasteiger partial charge in [-0.1, -0.05) is 6.07 Å². The smallest absolute Gasteiger partial charge is 0.403 e. The second-order valence-electron chi connectivity index (χ2n) is 6.05. The van der Waals surface area contributed by atoms with Gasteiger partial charge in [0.15, 0.2) is 17.2 Å². The van der Waals surface area contributed by atoms with Gasteiger partial charge in [0, 0.05) is 17.6 Å². The van der Waals surface area contributed by atoms with Crippen molar-refractivity contribution in [2.75, 3.05) is 0 Å². The zero-order chi connectivity index (χ0) is 19.3. The third-order valence-electron chi connectivity index (χ3n) is 3.84. The van der Waals surface area contributed by atoms with Crippen LogP contribution in [0.2, 0.25) is 5.28 Å². The lowest BCUT2D eigenvalue weighted by Crippen LogP contribution is -2.17. The number of hydrogen-bond donors (Lipinski definition) is 0. The van der Waals surface area contributed by atoms with E-state index in [0.29, 0.717) is 16.8 Å². The molecular weight excluding hydrogens is 385 g/mol. The van der Waals surface area contributed by atoms with E-state index in [-0.39, 0.29) is 22.5 Å². The predicted molar refractivity (Wildman–Crippen MR) is 91.6 cm³/mol. The second-order valence-corrected chi connectivity index (χ2v) is 6.39. The van der Waals surface area contributed by atoms with Crippen molar-refractivity contribution < 1.29 is 17.9 Å². The standard InChI is InChI=1S/C16H12ClF3N6O/c1-8(2)25-7-9(6-21-25)13-23-14-10-4-3-5-11(27-16(18,19)20)12(10)22-15(17)26(14)24-13/h3-8H,1-2H3. The first kappa shape index (κ1) is 17.5. The van der Waals surface area contributed by atoms with Crippen LogP contribution in [0.1, 0.15) is 19.9 Å². The molecular formula is C16H12ClF3N6O. The summed E-state index contributed by atoms with van der Waals surface area (Å²) in [7, 11) is 0. The summed E-state index contributed by atoms with van der Waals surface area (Å²) in [5.41, 5.74) is 0.869. The molecule has 0 aliphatic rings. The molecule has 0 N–H and O–H groups in total. The van der Waals surface area contributed by atoms with E-state index < -0.39 is 12.1 Å². The van der Waals surface area contributed by atoms with Crippen LogP contribution in [0.3, 0.4) is 0 Å². The highest BCUT2D eigenvalue weighted by Crippen LogP contribution is 2.32. The lowest BCUT2D eigenvalue weighted by Gasteiger charge is -2.11. The molecule has 140 valence electrons. The highest BCUT2D eigenvalue weighted by atomic mass is 35.5. The molecule has 0 spiro atoms. The van der Waals surface area contributed by atoms with Gasteiger partial charge in [0.25, 0.3) is 0 Å². The molecule has 27 heavy (non-hydrogen) atoms. The van der Waals surface area contributed by atoms with Gasteiger partial charge in [-0.15, -0.1) is 18.3 Å². The second kappa shape index (κ2) is 6.08. The van der Waals surface area contributed by atoms with Crippen LogP contribution in [0, 0.1) is 0 Å². The number of ether oxygens (including phenoxy) is 1. The number of benzene rings is 1. The Bertz CT molecular complexity index is 1150. The topological polar surface area (TPSA) is 70.1 Å². The molecule has 3 heterocycles. The molecule has 0 atom stereocenters. The van der Waals surface area contributed by atoms with Gasteiger partial charge in [-0.05, 0) is 37.6 Å². The van der Waals surface area contributed by atoms with Crippen LogP contribution in [0.5, 0.6) is 5.75 Å². The number of nitrogens with zero attached hydrogens (tertiary/aromatic N) is 6. The number of halogens is 4. The van der Waals surface area contributed by atoms with E-state index in [1.54, 1.807) is 23.1 Å². The Hall–Kier alpha value is -2.88. The summed E-state index contributed by atoms with van der Waals surface area (Å²) in [6, 6.07) is 4.32. The van der Waals surface area contributed by atoms with Crippen LogP contribution in [0.4, 0.5) is 13.2 Å². The molecule has 0 saturated carbocycles. The molecule has 4 rings (SSSR count). The highest BCUT2D eigenvalue weighted by Gasteiger charge is 2.32. The third-order valence-corrected chi connectivity index (χ3v) is 4.08. The van der Waals surface area contributed by atoms with Crippen molar-refractivity contribution in [3.8, 4) is 17.1 Å². The lowest BCUT2D eigenvalue weighted by atomic mass is 10.2. The van der Waals surface area contributed by atoms with Crippen LogP contribution < -0.4 is 4.74 Å². The fourth-order valence-corrected chi connectivity index (χ4v) is 2.84. The number of para-hydroxylation sites is 1. The Labute approximate surface area is 155 Å². The van der Waals surface area contributed by atoms with Crippen molar-refractivity contribution in [1.82, 2.24) is 29.4 Å². The first-order valence-corrected chi connectivity index (χ1v) is 8.26. The van der Waals surface area contributed by atoms with Gasteiger partial charge in [0.05, 0.1) is 11.8 Å². The number of rotatable bonds is 3. The zero-order valence-corrected chi connectivity index (χ0v) is 14.8. The number of fused-ring (bicyclic) bond motifs is 3. The Morgan fingerprint density at radius 1 is 1.19 bits per heavy atom. The maximum atomic E-state index is 12.7. The molecule has 0 saturated heterocycles. The first-order chi connectivity index (χ1) is 12.7. The van der Waals surface area contributed by atoms with Crippen LogP contribution in [-0.4, -0.2) is 35.7 Å². The minimum absolute atomic E-state index is 0.0517. The van der Waals surface area contributed by atoms with Gasteiger partial charge in [0.2, 0.25) is 5.28 Å². The minimum atomic E-state index is -4.85. The van der Waals surface area contributed by atoms with Crippen LogP contribution in [-0.2, 0) is 0 Å². The van der Waals surface area contributed by atoms with Gasteiger partial charge in [-0.3, -0.25) is 4.68 Å². The van der Waals surface area contributed by atoms with E-state index in [4.69, 9.17) is 11.6 Å². The summed E-state index contributed by atoms with van der Waals surface area (Å²) in [6.45, 7) is 3.95. The molecule has 0 unspecified atom stereocenters. The molecule has 0 fully saturated rings. The van der Waals surface area contributed by atoms with Crippen LogP contribution >= 0.6 is 11.6 Å². The molecule has 7 nitrogen and oxygen atoms in total. The summed E-state index contributed by atoms with van der Waals surface area (Å²) in [6.07, 6.45) is -1.46. The summed E-state index contributed by atoms with van der Waals surface area (Å²) >= 11 is 6.13. The molecule has 0 aliphatic carbocycles. The van der Waals surface area contributed by atoms with E-state index in [1.807, 2.05) is 13.8 Å². The van der Waals surface area contributed by atoms with E-state index in [0.717, 1.165) is 0 Å². The molecule has 0 bridgehead atoms. The number of aromatic nitrogens is 6. The maximum Gasteiger partial charge on any atom is 0.573 e. The molecule has 1 aromatic carbocycles. The van der Waals surface area contributed by atoms with Crippen molar-refractivity contribution in [1.29, 1.82) is 0 Å². The molecule has 11 heteroatoms. The lowest BCUT2D eigenvalue weighted by molar-refractivity contribution is -0.274. The number of hydrogen-bond acceptors (Lipinski definition) is 5. The average molecular weight is 397 g/mol. The average Bonchev–Trinajstić information content (AvgIpc) is 3.21. The molecule has 0 aliphatic heterocycles. The Kier molecular flexibility index (Phi) is 3.95. The van der Waals surface area contributed by atoms with Gasteiger partial charge < -0.3 is 4.74 Å². The largest absolute Gasteiger partial charge is 0.573 e. The SMILES string of the molecule is CC(C)n1cc(-c2nc3c4cccc(OC(F)(F)F)c4nc(Cl)n3n2)cn1. The normalized spacial score (nSPS) is 12.4. The monoisotopic (exact) mass is 396 g/mol. The summed E-state index contributed by atoms with van der Waals surface area (Å²) < 4.78 is 45.0.